The smallest absolute Gasteiger partial charge is 0.124 e. The highest BCUT2D eigenvalue weighted by Gasteiger charge is 2.08. The minimum atomic E-state index is -0.592. The minimum absolute atomic E-state index is 0.484. The Labute approximate surface area is 78.7 Å². The van der Waals surface area contributed by atoms with Crippen molar-refractivity contribution < 1.29 is 9.59 Å². The van der Waals surface area contributed by atoms with Gasteiger partial charge < -0.3 is 9.59 Å². The monoisotopic (exact) mass is 194 g/mol. The second kappa shape index (κ2) is 5.60. The molecule has 0 aliphatic carbocycles. The Morgan fingerprint density at radius 3 is 2.00 bits per heavy atom. The van der Waals surface area contributed by atoms with Crippen LogP contribution in [0, 0.1) is 0 Å². The van der Waals surface area contributed by atoms with Crippen molar-refractivity contribution in [1.82, 2.24) is 0 Å². The van der Waals surface area contributed by atoms with Crippen LogP contribution in [0.2, 0.25) is 0 Å². The predicted molar refractivity (Wildman–Crippen MR) is 54.9 cm³/mol. The maximum atomic E-state index is 10.4. The van der Waals surface area contributed by atoms with Gasteiger partial charge in [0.05, 0.1) is 0 Å². The molecule has 0 aliphatic rings. The highest BCUT2D eigenvalue weighted by molar-refractivity contribution is 7.67. The minimum Gasteiger partial charge on any atom is -0.303 e. The third-order valence-electron chi connectivity index (χ3n) is 1.71. The fourth-order valence-electron chi connectivity index (χ4n) is 1.10. The fraction of sp³-hybridized carbons (Fsp3) is 0.200. The number of aldehydes is 2. The summed E-state index contributed by atoms with van der Waals surface area (Å²) in [5.41, 5.74) is 0. The Morgan fingerprint density at radius 2 is 1.54 bits per heavy atom. The van der Waals surface area contributed by atoms with E-state index in [1.807, 2.05) is 30.3 Å². The molecule has 0 saturated heterocycles. The number of carbonyl (C=O) groups is 2. The Morgan fingerprint density at radius 1 is 1.00 bits per heavy atom. The fourth-order valence-corrected chi connectivity index (χ4v) is 2.63. The van der Waals surface area contributed by atoms with Gasteiger partial charge in [-0.3, -0.25) is 0 Å². The summed E-state index contributed by atoms with van der Waals surface area (Å²) in [6.07, 6.45) is 2.75. The van der Waals surface area contributed by atoms with Gasteiger partial charge in [-0.25, -0.2) is 0 Å². The lowest BCUT2D eigenvalue weighted by atomic mass is 10.4. The number of carbonyl (C=O) groups excluding carboxylic acids is 2. The molecule has 2 nitrogen and oxygen atoms in total. The van der Waals surface area contributed by atoms with Crippen LogP contribution in [0.4, 0.5) is 0 Å². The molecule has 0 spiro atoms. The van der Waals surface area contributed by atoms with Crippen molar-refractivity contribution in [2.75, 3.05) is 12.3 Å². The van der Waals surface area contributed by atoms with Crippen molar-refractivity contribution in [2.24, 2.45) is 0 Å². The van der Waals surface area contributed by atoms with Crippen molar-refractivity contribution in [1.29, 1.82) is 0 Å². The molecule has 0 atom stereocenters. The largest absolute Gasteiger partial charge is 0.303 e. The van der Waals surface area contributed by atoms with Crippen molar-refractivity contribution in [2.45, 2.75) is 0 Å². The van der Waals surface area contributed by atoms with Crippen LogP contribution in [0.1, 0.15) is 0 Å². The highest BCUT2D eigenvalue weighted by atomic mass is 31.1. The van der Waals surface area contributed by atoms with Crippen LogP contribution < -0.4 is 5.30 Å². The Bertz CT molecular complexity index is 262. The van der Waals surface area contributed by atoms with Gasteiger partial charge in [0.25, 0.3) is 0 Å². The van der Waals surface area contributed by atoms with E-state index < -0.39 is 7.92 Å². The summed E-state index contributed by atoms with van der Waals surface area (Å²) in [6.45, 7) is 0. The van der Waals surface area contributed by atoms with Crippen LogP contribution in [0.15, 0.2) is 30.3 Å². The van der Waals surface area contributed by atoms with Gasteiger partial charge in [-0.2, -0.15) is 0 Å². The van der Waals surface area contributed by atoms with Crippen LogP contribution >= 0.6 is 7.92 Å². The molecular weight excluding hydrogens is 183 g/mol. The van der Waals surface area contributed by atoms with Gasteiger partial charge in [-0.05, 0) is 5.30 Å². The standard InChI is InChI=1S/C10H11O2P/c11-6-8-13(9-7-12)10-4-2-1-3-5-10/h1-7H,8-9H2. The molecule has 0 fully saturated rings. The Hall–Kier alpha value is -1.01. The Kier molecular flexibility index (Phi) is 4.34. The molecule has 68 valence electrons. The summed E-state index contributed by atoms with van der Waals surface area (Å²) in [5.74, 6) is 0. The molecule has 0 N–H and O–H groups in total. The number of benzene rings is 1. The van der Waals surface area contributed by atoms with E-state index in [1.54, 1.807) is 0 Å². The van der Waals surface area contributed by atoms with E-state index >= 15 is 0 Å². The van der Waals surface area contributed by atoms with Crippen molar-refractivity contribution in [3.8, 4) is 0 Å². The summed E-state index contributed by atoms with van der Waals surface area (Å²) >= 11 is 0. The van der Waals surface area contributed by atoms with Crippen LogP contribution in [-0.2, 0) is 9.59 Å². The molecular formula is C10H11O2P. The van der Waals surface area contributed by atoms with Crippen molar-refractivity contribution >= 4 is 25.8 Å². The van der Waals surface area contributed by atoms with Crippen LogP contribution in [0.3, 0.4) is 0 Å². The molecule has 1 aromatic carbocycles. The quantitative estimate of drug-likeness (QED) is 0.521. The number of hydrogen-bond acceptors (Lipinski definition) is 2. The Balaban J connectivity index is 2.75. The third kappa shape index (κ3) is 3.08. The molecule has 0 heterocycles. The first-order valence-corrected chi connectivity index (χ1v) is 5.77. The van der Waals surface area contributed by atoms with Gasteiger partial charge in [0.1, 0.15) is 12.6 Å². The molecule has 1 rings (SSSR count). The zero-order valence-corrected chi connectivity index (χ0v) is 8.11. The highest BCUT2D eigenvalue weighted by Crippen LogP contribution is 2.31. The molecule has 3 heteroatoms. The lowest BCUT2D eigenvalue weighted by molar-refractivity contribution is -0.106. The molecule has 0 aliphatic heterocycles. The van der Waals surface area contributed by atoms with Gasteiger partial charge in [-0.15, -0.1) is 0 Å². The SMILES string of the molecule is O=CCP(CC=O)c1ccccc1. The zero-order chi connectivity index (χ0) is 9.52. The zero-order valence-electron chi connectivity index (χ0n) is 7.22. The van der Waals surface area contributed by atoms with E-state index in [4.69, 9.17) is 0 Å². The van der Waals surface area contributed by atoms with Gasteiger partial charge >= 0.3 is 0 Å². The van der Waals surface area contributed by atoms with Crippen LogP contribution in [0.25, 0.3) is 0 Å². The van der Waals surface area contributed by atoms with Gasteiger partial charge in [-0.1, -0.05) is 38.3 Å². The van der Waals surface area contributed by atoms with Crippen LogP contribution in [-0.4, -0.2) is 24.9 Å². The summed E-state index contributed by atoms with van der Waals surface area (Å²) in [5, 5.41) is 1.12. The summed E-state index contributed by atoms with van der Waals surface area (Å²) in [7, 11) is -0.592. The third-order valence-corrected chi connectivity index (χ3v) is 3.92. The summed E-state index contributed by atoms with van der Waals surface area (Å²) < 4.78 is 0. The van der Waals surface area contributed by atoms with Crippen LogP contribution in [0.5, 0.6) is 0 Å². The van der Waals surface area contributed by atoms with Gasteiger partial charge in [0, 0.05) is 12.3 Å². The first-order valence-electron chi connectivity index (χ1n) is 4.05. The first-order chi connectivity index (χ1) is 6.38. The number of hydrogen-bond donors (Lipinski definition) is 0. The second-order valence-corrected chi connectivity index (χ2v) is 4.90. The van der Waals surface area contributed by atoms with E-state index in [9.17, 15) is 9.59 Å². The average Bonchev–Trinajstić information content (AvgIpc) is 2.19. The van der Waals surface area contributed by atoms with E-state index in [0.29, 0.717) is 12.3 Å². The molecule has 0 bridgehead atoms. The molecule has 1 aromatic rings. The molecule has 0 radical (unpaired) electrons. The van der Waals surface area contributed by atoms with E-state index in [2.05, 4.69) is 0 Å². The topological polar surface area (TPSA) is 34.1 Å². The first kappa shape index (κ1) is 10.1. The lowest BCUT2D eigenvalue weighted by Gasteiger charge is -2.10. The molecule has 0 unspecified atom stereocenters. The lowest BCUT2D eigenvalue weighted by Crippen LogP contribution is -2.06. The summed E-state index contributed by atoms with van der Waals surface area (Å²) in [4.78, 5) is 20.7. The molecule has 0 aromatic heterocycles. The van der Waals surface area contributed by atoms with E-state index in [0.717, 1.165) is 17.9 Å². The second-order valence-electron chi connectivity index (χ2n) is 2.57. The van der Waals surface area contributed by atoms with E-state index in [-0.39, 0.29) is 0 Å². The normalized spacial score (nSPS) is 9.92. The molecule has 13 heavy (non-hydrogen) atoms. The molecule has 0 amide bonds. The van der Waals surface area contributed by atoms with E-state index in [1.165, 1.54) is 0 Å². The maximum Gasteiger partial charge on any atom is 0.124 e. The van der Waals surface area contributed by atoms with Crippen molar-refractivity contribution in [3.63, 3.8) is 0 Å². The number of rotatable bonds is 5. The van der Waals surface area contributed by atoms with Gasteiger partial charge in [0.2, 0.25) is 0 Å². The summed E-state index contributed by atoms with van der Waals surface area (Å²) in [6, 6.07) is 9.73. The average molecular weight is 194 g/mol. The van der Waals surface area contributed by atoms with Gasteiger partial charge in [0.15, 0.2) is 0 Å². The maximum absolute atomic E-state index is 10.4. The molecule has 0 saturated carbocycles. The predicted octanol–water partition coefficient (Wildman–Crippen LogP) is 1.19. The van der Waals surface area contributed by atoms with Crippen molar-refractivity contribution in [3.05, 3.63) is 30.3 Å².